The highest BCUT2D eigenvalue weighted by atomic mass is 35.5. The second kappa shape index (κ2) is 5.25. The highest BCUT2D eigenvalue weighted by Crippen LogP contribution is 2.26. The summed E-state index contributed by atoms with van der Waals surface area (Å²) in [5, 5.41) is 2.09. The first-order chi connectivity index (χ1) is 9.20. The molecule has 2 aromatic rings. The van der Waals surface area contributed by atoms with E-state index in [2.05, 4.69) is 40.7 Å². The summed E-state index contributed by atoms with van der Waals surface area (Å²) in [6.07, 6.45) is 0. The van der Waals surface area contributed by atoms with Crippen LogP contribution in [0.25, 0.3) is 10.8 Å². The molecule has 1 heterocycles. The van der Waals surface area contributed by atoms with Crippen LogP contribution in [0.3, 0.4) is 0 Å². The van der Waals surface area contributed by atoms with Crippen molar-refractivity contribution in [3.05, 3.63) is 45.3 Å². The molecule has 2 nitrogen and oxygen atoms in total. The maximum absolute atomic E-state index is 12.8. The lowest BCUT2D eigenvalue weighted by molar-refractivity contribution is 0.331. The molecule has 0 aliphatic carbocycles. The molecule has 0 radical (unpaired) electrons. The predicted octanol–water partition coefficient (Wildman–Crippen LogP) is 4.82. The molecule has 0 saturated heterocycles. The van der Waals surface area contributed by atoms with E-state index in [0.717, 1.165) is 11.1 Å². The van der Waals surface area contributed by atoms with E-state index >= 15 is 0 Å². The van der Waals surface area contributed by atoms with Crippen molar-refractivity contribution in [2.45, 2.75) is 47.1 Å². The van der Waals surface area contributed by atoms with Gasteiger partial charge in [-0.15, -0.1) is 0 Å². The smallest absolute Gasteiger partial charge is 0.260 e. The molecule has 0 aliphatic heterocycles. The van der Waals surface area contributed by atoms with E-state index in [1.54, 1.807) is 6.07 Å². The first-order valence-electron chi connectivity index (χ1n) is 7.02. The van der Waals surface area contributed by atoms with Crippen molar-refractivity contribution in [1.29, 1.82) is 0 Å². The summed E-state index contributed by atoms with van der Waals surface area (Å²) < 4.78 is 1.89. The molecule has 0 aliphatic rings. The molecule has 20 heavy (non-hydrogen) atoms. The number of benzene rings is 1. The zero-order valence-electron chi connectivity index (χ0n) is 12.8. The molecule has 0 spiro atoms. The predicted molar refractivity (Wildman–Crippen MR) is 86.8 cm³/mol. The van der Waals surface area contributed by atoms with Crippen molar-refractivity contribution >= 4 is 22.4 Å². The number of hydrogen-bond acceptors (Lipinski definition) is 1. The van der Waals surface area contributed by atoms with E-state index in [9.17, 15) is 4.79 Å². The summed E-state index contributed by atoms with van der Waals surface area (Å²) in [6, 6.07) is 7.72. The lowest BCUT2D eigenvalue weighted by Gasteiger charge is -2.24. The van der Waals surface area contributed by atoms with Gasteiger partial charge in [0.15, 0.2) is 0 Å². The molecule has 0 amide bonds. The monoisotopic (exact) mass is 291 g/mol. The third-order valence-electron chi connectivity index (χ3n) is 3.34. The van der Waals surface area contributed by atoms with Crippen LogP contribution in [0.5, 0.6) is 0 Å². The summed E-state index contributed by atoms with van der Waals surface area (Å²) in [4.78, 5) is 12.8. The van der Waals surface area contributed by atoms with Gasteiger partial charge in [0, 0.05) is 12.2 Å². The summed E-state index contributed by atoms with van der Waals surface area (Å²) in [6.45, 7) is 11.3. The number of fused-ring (bicyclic) bond motifs is 1. The van der Waals surface area contributed by atoms with Gasteiger partial charge in [0.1, 0.15) is 0 Å². The minimum atomic E-state index is 0.0201. The first-order valence-corrected chi connectivity index (χ1v) is 7.40. The highest BCUT2D eigenvalue weighted by Gasteiger charge is 2.19. The molecule has 0 bridgehead atoms. The summed E-state index contributed by atoms with van der Waals surface area (Å²) in [7, 11) is 0. The van der Waals surface area contributed by atoms with Gasteiger partial charge in [-0.3, -0.25) is 4.79 Å². The average molecular weight is 292 g/mol. The molecule has 2 rings (SSSR count). The molecule has 1 aromatic heterocycles. The van der Waals surface area contributed by atoms with Crippen molar-refractivity contribution in [2.75, 3.05) is 0 Å². The molecule has 0 unspecified atom stereocenters. The van der Waals surface area contributed by atoms with Crippen LogP contribution in [-0.4, -0.2) is 4.57 Å². The van der Waals surface area contributed by atoms with Crippen LogP contribution in [0.15, 0.2) is 29.1 Å². The number of halogens is 1. The van der Waals surface area contributed by atoms with E-state index in [4.69, 9.17) is 11.6 Å². The molecule has 3 heteroatoms. The van der Waals surface area contributed by atoms with E-state index in [0.29, 0.717) is 22.9 Å². The molecule has 0 atom stereocenters. The highest BCUT2D eigenvalue weighted by molar-refractivity contribution is 6.35. The van der Waals surface area contributed by atoms with Crippen molar-refractivity contribution in [3.63, 3.8) is 0 Å². The Morgan fingerprint density at radius 2 is 1.90 bits per heavy atom. The van der Waals surface area contributed by atoms with Gasteiger partial charge in [0.2, 0.25) is 0 Å². The van der Waals surface area contributed by atoms with Crippen LogP contribution in [0, 0.1) is 5.41 Å². The number of aromatic nitrogens is 1. The Morgan fingerprint density at radius 3 is 2.45 bits per heavy atom. The van der Waals surface area contributed by atoms with Gasteiger partial charge in [0.25, 0.3) is 5.56 Å². The topological polar surface area (TPSA) is 22.0 Å². The minimum absolute atomic E-state index is 0.0201. The summed E-state index contributed by atoms with van der Waals surface area (Å²) in [5.41, 5.74) is 1.13. The molecule has 0 fully saturated rings. The minimum Gasteiger partial charge on any atom is -0.311 e. The Hall–Kier alpha value is -1.28. The quantitative estimate of drug-likeness (QED) is 0.777. The van der Waals surface area contributed by atoms with Crippen molar-refractivity contribution in [2.24, 2.45) is 5.41 Å². The Balaban J connectivity index is 2.82. The van der Waals surface area contributed by atoms with Crippen LogP contribution in [0.1, 0.15) is 46.2 Å². The largest absolute Gasteiger partial charge is 0.311 e. The summed E-state index contributed by atoms with van der Waals surface area (Å²) >= 11 is 6.22. The zero-order valence-corrected chi connectivity index (χ0v) is 13.6. The van der Waals surface area contributed by atoms with E-state index in [1.165, 1.54) is 0 Å². The molecule has 108 valence electrons. The maximum atomic E-state index is 12.8. The van der Waals surface area contributed by atoms with Gasteiger partial charge in [-0.05, 0) is 28.9 Å². The van der Waals surface area contributed by atoms with Crippen molar-refractivity contribution < 1.29 is 0 Å². The van der Waals surface area contributed by atoms with E-state index in [-0.39, 0.29) is 11.0 Å². The van der Waals surface area contributed by atoms with E-state index in [1.807, 2.05) is 16.7 Å². The van der Waals surface area contributed by atoms with Gasteiger partial charge in [-0.25, -0.2) is 0 Å². The van der Waals surface area contributed by atoms with Crippen LogP contribution < -0.4 is 5.56 Å². The standard InChI is InChI=1S/C17H22ClNO/c1-11(2)14-9-12-7-6-8-13(18)15(12)16(20)19(14)10-17(3,4)5/h6-9,11H,10H2,1-5H3. The Labute approximate surface area is 125 Å². The SMILES string of the molecule is CC(C)c1cc2cccc(Cl)c2c(=O)n1CC(C)(C)C. The maximum Gasteiger partial charge on any atom is 0.260 e. The molecule has 0 N–H and O–H groups in total. The number of pyridine rings is 1. The van der Waals surface area contributed by atoms with Crippen LogP contribution in [-0.2, 0) is 6.54 Å². The molecular formula is C17H22ClNO. The van der Waals surface area contributed by atoms with Crippen molar-refractivity contribution in [3.8, 4) is 0 Å². The third kappa shape index (κ3) is 2.90. The zero-order chi connectivity index (χ0) is 15.1. The fourth-order valence-corrected chi connectivity index (χ4v) is 2.75. The normalized spacial score (nSPS) is 12.3. The van der Waals surface area contributed by atoms with Gasteiger partial charge < -0.3 is 4.57 Å². The summed E-state index contributed by atoms with van der Waals surface area (Å²) in [5.74, 6) is 0.299. The Bertz CT molecular complexity index is 692. The fraction of sp³-hybridized carbons (Fsp3) is 0.471. The average Bonchev–Trinajstić information content (AvgIpc) is 2.30. The lowest BCUT2D eigenvalue weighted by atomic mass is 9.95. The number of rotatable bonds is 2. The van der Waals surface area contributed by atoms with E-state index < -0.39 is 0 Å². The fourth-order valence-electron chi connectivity index (χ4n) is 2.49. The van der Waals surface area contributed by atoms with Crippen LogP contribution in [0.4, 0.5) is 0 Å². The van der Waals surface area contributed by atoms with Gasteiger partial charge >= 0.3 is 0 Å². The number of hydrogen-bond donors (Lipinski definition) is 0. The second-order valence-corrected chi connectivity index (χ2v) is 7.29. The Kier molecular flexibility index (Phi) is 3.97. The lowest BCUT2D eigenvalue weighted by Crippen LogP contribution is -2.30. The second-order valence-electron chi connectivity index (χ2n) is 6.88. The molecular weight excluding hydrogens is 270 g/mol. The molecule has 1 aromatic carbocycles. The third-order valence-corrected chi connectivity index (χ3v) is 3.66. The Morgan fingerprint density at radius 1 is 1.25 bits per heavy atom. The van der Waals surface area contributed by atoms with Gasteiger partial charge in [-0.1, -0.05) is 58.4 Å². The van der Waals surface area contributed by atoms with Crippen LogP contribution >= 0.6 is 11.6 Å². The van der Waals surface area contributed by atoms with Gasteiger partial charge in [0.05, 0.1) is 10.4 Å². The number of nitrogens with zero attached hydrogens (tertiary/aromatic N) is 1. The first kappa shape index (κ1) is 15.1. The molecule has 0 saturated carbocycles. The van der Waals surface area contributed by atoms with Gasteiger partial charge in [-0.2, -0.15) is 0 Å². The van der Waals surface area contributed by atoms with Crippen molar-refractivity contribution in [1.82, 2.24) is 4.57 Å². The van der Waals surface area contributed by atoms with Crippen LogP contribution in [0.2, 0.25) is 5.02 Å².